The number of hydrogen-bond donors (Lipinski definition) is 1. The van der Waals surface area contributed by atoms with Gasteiger partial charge in [-0.1, -0.05) is 6.42 Å². The van der Waals surface area contributed by atoms with Gasteiger partial charge in [0.15, 0.2) is 0 Å². The van der Waals surface area contributed by atoms with E-state index in [1.165, 1.54) is 32.4 Å². The third-order valence-corrected chi connectivity index (χ3v) is 4.92. The largest absolute Gasteiger partial charge is 0.494 e. The number of carbonyl (C=O) groups excluding carboxylic acids is 1. The molecule has 5 nitrogen and oxygen atoms in total. The number of ether oxygens (including phenoxy) is 2. The number of rotatable bonds is 6. The maximum atomic E-state index is 12.5. The summed E-state index contributed by atoms with van der Waals surface area (Å²) >= 11 is 0. The van der Waals surface area contributed by atoms with E-state index in [9.17, 15) is 4.79 Å². The molecule has 144 valence electrons. The molecule has 1 N–H and O–H groups in total. The SMILES string of the molecule is CC(C)(C)OC(=O)C1CNc2ccc(OCCCN3CCCCC3)cc21. The fraction of sp³-hybridized carbons (Fsp3) is 0.667. The summed E-state index contributed by atoms with van der Waals surface area (Å²) in [7, 11) is 0. The Balaban J connectivity index is 1.52. The van der Waals surface area contributed by atoms with Gasteiger partial charge in [-0.2, -0.15) is 0 Å². The summed E-state index contributed by atoms with van der Waals surface area (Å²) in [5.41, 5.74) is 1.51. The molecule has 0 aliphatic carbocycles. The number of fused-ring (bicyclic) bond motifs is 1. The molecular weight excluding hydrogens is 328 g/mol. The predicted octanol–water partition coefficient (Wildman–Crippen LogP) is 3.79. The minimum absolute atomic E-state index is 0.175. The molecule has 1 atom stereocenters. The zero-order valence-corrected chi connectivity index (χ0v) is 16.3. The minimum atomic E-state index is -0.470. The summed E-state index contributed by atoms with van der Waals surface area (Å²) in [5.74, 6) is 0.395. The first-order valence-electron chi connectivity index (χ1n) is 9.88. The van der Waals surface area contributed by atoms with Gasteiger partial charge in [0.1, 0.15) is 17.3 Å². The van der Waals surface area contributed by atoms with Gasteiger partial charge in [0.2, 0.25) is 0 Å². The van der Waals surface area contributed by atoms with Crippen molar-refractivity contribution in [1.82, 2.24) is 4.90 Å². The molecule has 1 saturated heterocycles. The molecule has 1 aromatic rings. The summed E-state index contributed by atoms with van der Waals surface area (Å²) in [6.07, 6.45) is 5.05. The maximum absolute atomic E-state index is 12.5. The summed E-state index contributed by atoms with van der Waals surface area (Å²) < 4.78 is 11.5. The molecule has 1 fully saturated rings. The van der Waals surface area contributed by atoms with Crippen LogP contribution in [0, 0.1) is 0 Å². The lowest BCUT2D eigenvalue weighted by atomic mass is 10.0. The third kappa shape index (κ3) is 5.13. The van der Waals surface area contributed by atoms with Gasteiger partial charge in [-0.3, -0.25) is 4.79 Å². The average Bonchev–Trinajstić information content (AvgIpc) is 3.01. The predicted molar refractivity (Wildman–Crippen MR) is 104 cm³/mol. The van der Waals surface area contributed by atoms with Crippen LogP contribution in [-0.2, 0) is 9.53 Å². The Kier molecular flexibility index (Phi) is 6.07. The van der Waals surface area contributed by atoms with Crippen molar-refractivity contribution in [1.29, 1.82) is 0 Å². The number of carbonyl (C=O) groups is 1. The first-order valence-corrected chi connectivity index (χ1v) is 9.88. The minimum Gasteiger partial charge on any atom is -0.494 e. The van der Waals surface area contributed by atoms with Gasteiger partial charge in [-0.05, 0) is 76.9 Å². The van der Waals surface area contributed by atoms with Crippen molar-refractivity contribution < 1.29 is 14.3 Å². The Bertz CT molecular complexity index is 618. The molecule has 2 aliphatic rings. The quantitative estimate of drug-likeness (QED) is 0.618. The fourth-order valence-corrected chi connectivity index (χ4v) is 3.65. The highest BCUT2D eigenvalue weighted by Crippen LogP contribution is 2.35. The summed E-state index contributed by atoms with van der Waals surface area (Å²) in [5, 5.41) is 3.29. The standard InChI is InChI=1S/C21H32N2O3/c1-21(2,3)26-20(24)18-15-22-19-9-8-16(14-17(18)19)25-13-7-12-23-10-5-4-6-11-23/h8-9,14,18,22H,4-7,10-13,15H2,1-3H3. The van der Waals surface area contributed by atoms with Gasteiger partial charge in [-0.25, -0.2) is 0 Å². The van der Waals surface area contributed by atoms with Crippen molar-refractivity contribution in [3.05, 3.63) is 23.8 Å². The van der Waals surface area contributed by atoms with E-state index in [4.69, 9.17) is 9.47 Å². The smallest absolute Gasteiger partial charge is 0.315 e. The van der Waals surface area contributed by atoms with Crippen LogP contribution >= 0.6 is 0 Å². The van der Waals surface area contributed by atoms with Crippen LogP contribution in [0.3, 0.4) is 0 Å². The topological polar surface area (TPSA) is 50.8 Å². The van der Waals surface area contributed by atoms with Gasteiger partial charge in [0, 0.05) is 18.8 Å². The number of nitrogens with one attached hydrogen (secondary N) is 1. The van der Waals surface area contributed by atoms with Crippen molar-refractivity contribution in [3.63, 3.8) is 0 Å². The molecule has 0 amide bonds. The number of hydrogen-bond acceptors (Lipinski definition) is 5. The molecule has 2 aliphatic heterocycles. The molecule has 5 heteroatoms. The number of benzene rings is 1. The number of nitrogens with zero attached hydrogens (tertiary/aromatic N) is 1. The second-order valence-electron chi connectivity index (χ2n) is 8.32. The van der Waals surface area contributed by atoms with Crippen molar-refractivity contribution >= 4 is 11.7 Å². The van der Waals surface area contributed by atoms with E-state index < -0.39 is 5.60 Å². The van der Waals surface area contributed by atoms with Crippen molar-refractivity contribution in [2.24, 2.45) is 0 Å². The number of anilines is 1. The Morgan fingerprint density at radius 3 is 2.73 bits per heavy atom. The van der Waals surface area contributed by atoms with Crippen molar-refractivity contribution in [2.75, 3.05) is 38.1 Å². The fourth-order valence-electron chi connectivity index (χ4n) is 3.65. The lowest BCUT2D eigenvalue weighted by Crippen LogP contribution is -2.31. The second kappa shape index (κ2) is 8.30. The summed E-state index contributed by atoms with van der Waals surface area (Å²) in [6.45, 7) is 10.5. The molecule has 0 spiro atoms. The average molecular weight is 360 g/mol. The Labute approximate surface area is 157 Å². The molecule has 0 aromatic heterocycles. The van der Waals surface area contributed by atoms with E-state index in [2.05, 4.69) is 10.2 Å². The molecular formula is C21H32N2O3. The van der Waals surface area contributed by atoms with Crippen LogP contribution in [0.4, 0.5) is 5.69 Å². The van der Waals surface area contributed by atoms with E-state index in [-0.39, 0.29) is 11.9 Å². The molecule has 1 aromatic carbocycles. The van der Waals surface area contributed by atoms with Crippen molar-refractivity contribution in [3.8, 4) is 5.75 Å². The molecule has 26 heavy (non-hydrogen) atoms. The van der Waals surface area contributed by atoms with Gasteiger partial charge in [0.25, 0.3) is 0 Å². The Hall–Kier alpha value is -1.75. The lowest BCUT2D eigenvalue weighted by molar-refractivity contribution is -0.156. The molecule has 0 radical (unpaired) electrons. The lowest BCUT2D eigenvalue weighted by Gasteiger charge is -2.26. The van der Waals surface area contributed by atoms with Crippen LogP contribution < -0.4 is 10.1 Å². The molecule has 1 unspecified atom stereocenters. The van der Waals surface area contributed by atoms with Crippen LogP contribution in [0.2, 0.25) is 0 Å². The summed E-state index contributed by atoms with van der Waals surface area (Å²) in [4.78, 5) is 15.0. The van der Waals surface area contributed by atoms with Crippen LogP contribution in [0.5, 0.6) is 5.75 Å². The number of piperidine rings is 1. The highest BCUT2D eigenvalue weighted by molar-refractivity contribution is 5.84. The number of esters is 1. The van der Waals surface area contributed by atoms with Gasteiger partial charge in [0.05, 0.1) is 6.61 Å². The summed E-state index contributed by atoms with van der Waals surface area (Å²) in [6, 6.07) is 5.97. The van der Waals surface area contributed by atoms with Crippen LogP contribution in [-0.4, -0.2) is 49.3 Å². The van der Waals surface area contributed by atoms with E-state index in [0.717, 1.165) is 30.0 Å². The molecule has 0 bridgehead atoms. The Morgan fingerprint density at radius 1 is 1.23 bits per heavy atom. The van der Waals surface area contributed by atoms with Gasteiger partial charge in [-0.15, -0.1) is 0 Å². The van der Waals surface area contributed by atoms with E-state index >= 15 is 0 Å². The first-order chi connectivity index (χ1) is 12.4. The Morgan fingerprint density at radius 2 is 2.00 bits per heavy atom. The monoisotopic (exact) mass is 360 g/mol. The van der Waals surface area contributed by atoms with Gasteiger partial charge < -0.3 is 19.7 Å². The highest BCUT2D eigenvalue weighted by Gasteiger charge is 2.32. The van der Waals surface area contributed by atoms with E-state index in [1.54, 1.807) is 0 Å². The zero-order valence-electron chi connectivity index (χ0n) is 16.3. The van der Waals surface area contributed by atoms with Gasteiger partial charge >= 0.3 is 5.97 Å². The van der Waals surface area contributed by atoms with E-state index in [1.807, 2.05) is 39.0 Å². The number of likely N-dealkylation sites (tertiary alicyclic amines) is 1. The van der Waals surface area contributed by atoms with Crippen LogP contribution in [0.15, 0.2) is 18.2 Å². The molecule has 2 heterocycles. The van der Waals surface area contributed by atoms with Crippen molar-refractivity contribution in [2.45, 2.75) is 58.0 Å². The van der Waals surface area contributed by atoms with Crippen LogP contribution in [0.1, 0.15) is 57.9 Å². The molecule has 3 rings (SSSR count). The molecule has 0 saturated carbocycles. The normalized spacial score (nSPS) is 20.3. The first kappa shape index (κ1) is 19.0. The highest BCUT2D eigenvalue weighted by atomic mass is 16.6. The second-order valence-corrected chi connectivity index (χ2v) is 8.32. The van der Waals surface area contributed by atoms with Crippen LogP contribution in [0.25, 0.3) is 0 Å². The van der Waals surface area contributed by atoms with E-state index in [0.29, 0.717) is 13.2 Å². The third-order valence-electron chi connectivity index (χ3n) is 4.92. The maximum Gasteiger partial charge on any atom is 0.315 e. The zero-order chi connectivity index (χ0) is 18.6.